The van der Waals surface area contributed by atoms with Gasteiger partial charge in [0.05, 0.1) is 5.69 Å². The van der Waals surface area contributed by atoms with Gasteiger partial charge in [-0.15, -0.1) is 11.3 Å². The lowest BCUT2D eigenvalue weighted by molar-refractivity contribution is -0.137. The largest absolute Gasteiger partial charge is 0.481 e. The van der Waals surface area contributed by atoms with Crippen molar-refractivity contribution in [2.45, 2.75) is 31.6 Å². The summed E-state index contributed by atoms with van der Waals surface area (Å²) in [5, 5.41) is 18.1. The number of hydrogen-bond donors (Lipinski definition) is 3. The number of benzene rings is 1. The van der Waals surface area contributed by atoms with Crippen molar-refractivity contribution in [2.75, 3.05) is 25.0 Å². The van der Waals surface area contributed by atoms with Gasteiger partial charge >= 0.3 is 5.97 Å². The van der Waals surface area contributed by atoms with Crippen molar-refractivity contribution in [2.24, 2.45) is 0 Å². The van der Waals surface area contributed by atoms with Crippen LogP contribution in [0.2, 0.25) is 0 Å². The molecule has 128 valence electrons. The van der Waals surface area contributed by atoms with Gasteiger partial charge in [-0.05, 0) is 43.8 Å². The van der Waals surface area contributed by atoms with Crippen LogP contribution >= 0.6 is 11.3 Å². The summed E-state index contributed by atoms with van der Waals surface area (Å²) in [7, 11) is 0. The summed E-state index contributed by atoms with van der Waals surface area (Å²) in [5.41, 5.74) is 3.52. The predicted molar refractivity (Wildman–Crippen MR) is 97.8 cm³/mol. The van der Waals surface area contributed by atoms with Crippen molar-refractivity contribution < 1.29 is 9.90 Å². The van der Waals surface area contributed by atoms with E-state index >= 15 is 0 Å². The summed E-state index contributed by atoms with van der Waals surface area (Å²) in [6, 6.07) is 8.76. The van der Waals surface area contributed by atoms with E-state index in [9.17, 15) is 4.79 Å². The van der Waals surface area contributed by atoms with E-state index in [0.717, 1.165) is 29.5 Å². The smallest absolute Gasteiger partial charge is 0.303 e. The van der Waals surface area contributed by atoms with Gasteiger partial charge in [-0.2, -0.15) is 0 Å². The molecular formula is C18H23N3O2S. The van der Waals surface area contributed by atoms with E-state index in [0.29, 0.717) is 18.9 Å². The van der Waals surface area contributed by atoms with Crippen molar-refractivity contribution in [1.29, 1.82) is 0 Å². The zero-order chi connectivity index (χ0) is 16.8. The van der Waals surface area contributed by atoms with E-state index in [4.69, 9.17) is 5.11 Å². The second-order valence-electron chi connectivity index (χ2n) is 6.11. The van der Waals surface area contributed by atoms with E-state index in [1.54, 1.807) is 11.3 Å². The molecule has 6 heteroatoms. The molecule has 5 nitrogen and oxygen atoms in total. The van der Waals surface area contributed by atoms with Gasteiger partial charge in [0.1, 0.15) is 0 Å². The monoisotopic (exact) mass is 345 g/mol. The first-order valence-corrected chi connectivity index (χ1v) is 9.32. The molecule has 0 radical (unpaired) electrons. The third-order valence-electron chi connectivity index (χ3n) is 4.36. The lowest BCUT2D eigenvalue weighted by Crippen LogP contribution is -2.26. The minimum absolute atomic E-state index is 0.184. The number of hydrogen-bond acceptors (Lipinski definition) is 5. The molecule has 1 fully saturated rings. The first kappa shape index (κ1) is 16.9. The maximum absolute atomic E-state index is 10.5. The van der Waals surface area contributed by atoms with Crippen molar-refractivity contribution in [3.63, 3.8) is 0 Å². The van der Waals surface area contributed by atoms with Gasteiger partial charge in [-0.25, -0.2) is 4.98 Å². The minimum atomic E-state index is -0.759. The van der Waals surface area contributed by atoms with E-state index in [1.165, 1.54) is 18.4 Å². The van der Waals surface area contributed by atoms with Crippen LogP contribution in [0, 0.1) is 0 Å². The second kappa shape index (κ2) is 8.26. The molecule has 1 aromatic heterocycles. The number of rotatable bonds is 7. The van der Waals surface area contributed by atoms with E-state index in [-0.39, 0.29) is 6.42 Å². The molecule has 0 atom stereocenters. The highest BCUT2D eigenvalue weighted by Crippen LogP contribution is 2.29. The van der Waals surface area contributed by atoms with Crippen LogP contribution < -0.4 is 10.6 Å². The Bertz CT molecular complexity index is 663. The van der Waals surface area contributed by atoms with Crippen LogP contribution in [0.4, 0.5) is 5.13 Å². The predicted octanol–water partition coefficient (Wildman–Crippen LogP) is 3.55. The topological polar surface area (TPSA) is 74.2 Å². The first-order valence-electron chi connectivity index (χ1n) is 8.44. The zero-order valence-electron chi connectivity index (χ0n) is 13.6. The fraction of sp³-hybridized carbons (Fsp3) is 0.444. The highest BCUT2D eigenvalue weighted by atomic mass is 32.1. The molecule has 2 aromatic rings. The van der Waals surface area contributed by atoms with Gasteiger partial charge in [-0.3, -0.25) is 4.79 Å². The summed E-state index contributed by atoms with van der Waals surface area (Å²) in [5.74, 6) is -0.0901. The number of nitrogens with one attached hydrogen (secondary N) is 2. The Morgan fingerprint density at radius 1 is 1.29 bits per heavy atom. The van der Waals surface area contributed by atoms with Gasteiger partial charge in [-0.1, -0.05) is 24.3 Å². The molecule has 1 saturated heterocycles. The molecule has 0 amide bonds. The molecular weight excluding hydrogens is 322 g/mol. The van der Waals surface area contributed by atoms with Gasteiger partial charge < -0.3 is 15.7 Å². The van der Waals surface area contributed by atoms with Crippen LogP contribution in [0.25, 0.3) is 11.3 Å². The lowest BCUT2D eigenvalue weighted by atomic mass is 9.90. The lowest BCUT2D eigenvalue weighted by Gasteiger charge is -2.23. The molecule has 1 aromatic carbocycles. The van der Waals surface area contributed by atoms with Crippen molar-refractivity contribution in [1.82, 2.24) is 10.3 Å². The molecule has 0 saturated carbocycles. The van der Waals surface area contributed by atoms with Crippen LogP contribution in [-0.4, -0.2) is 35.7 Å². The fourth-order valence-corrected chi connectivity index (χ4v) is 3.75. The Kier molecular flexibility index (Phi) is 5.82. The number of aliphatic carboxylic acids is 1. The molecule has 2 heterocycles. The standard InChI is InChI=1S/C18H23N3O2S/c22-17(23)2-1-9-20-18-21-16(12-24-18)15-5-3-13(4-6-15)14-7-10-19-11-8-14/h3-6,12,14,19H,1-2,7-11H2,(H,20,21)(H,22,23). The van der Waals surface area contributed by atoms with Crippen LogP contribution in [0.3, 0.4) is 0 Å². The van der Waals surface area contributed by atoms with Crippen molar-refractivity contribution in [3.05, 3.63) is 35.2 Å². The number of carboxylic acids is 1. The fourth-order valence-electron chi connectivity index (χ4n) is 3.00. The van der Waals surface area contributed by atoms with Crippen LogP contribution in [-0.2, 0) is 4.79 Å². The number of piperidine rings is 1. The number of thiazole rings is 1. The molecule has 0 unspecified atom stereocenters. The number of anilines is 1. The number of nitrogens with zero attached hydrogens (tertiary/aromatic N) is 1. The normalized spacial score (nSPS) is 15.3. The summed E-state index contributed by atoms with van der Waals surface area (Å²) < 4.78 is 0. The third kappa shape index (κ3) is 4.55. The van der Waals surface area contributed by atoms with Gasteiger partial charge in [0.2, 0.25) is 0 Å². The zero-order valence-corrected chi connectivity index (χ0v) is 14.4. The molecule has 3 N–H and O–H groups in total. The minimum Gasteiger partial charge on any atom is -0.481 e. The SMILES string of the molecule is O=C(O)CCCNc1nc(-c2ccc(C3CCNCC3)cc2)cs1. The van der Waals surface area contributed by atoms with Crippen LogP contribution in [0.5, 0.6) is 0 Å². The van der Waals surface area contributed by atoms with Gasteiger partial charge in [0.25, 0.3) is 0 Å². The van der Waals surface area contributed by atoms with Gasteiger partial charge in [0, 0.05) is 23.9 Å². The van der Waals surface area contributed by atoms with Crippen LogP contribution in [0.1, 0.15) is 37.2 Å². The van der Waals surface area contributed by atoms with Crippen LogP contribution in [0.15, 0.2) is 29.6 Å². The van der Waals surface area contributed by atoms with E-state index in [1.807, 2.05) is 5.38 Å². The first-order chi connectivity index (χ1) is 11.7. The highest BCUT2D eigenvalue weighted by Gasteiger charge is 2.15. The molecule has 3 rings (SSSR count). The average Bonchev–Trinajstić information content (AvgIpc) is 3.08. The average molecular weight is 345 g/mol. The van der Waals surface area contributed by atoms with Crippen molar-refractivity contribution in [3.8, 4) is 11.3 Å². The quantitative estimate of drug-likeness (QED) is 0.669. The van der Waals surface area contributed by atoms with E-state index in [2.05, 4.69) is 39.9 Å². The highest BCUT2D eigenvalue weighted by molar-refractivity contribution is 7.14. The molecule has 24 heavy (non-hydrogen) atoms. The maximum atomic E-state index is 10.5. The molecule has 1 aliphatic heterocycles. The molecule has 0 spiro atoms. The second-order valence-corrected chi connectivity index (χ2v) is 6.97. The Hall–Kier alpha value is -1.92. The maximum Gasteiger partial charge on any atom is 0.303 e. The number of carbonyl (C=O) groups is 1. The summed E-state index contributed by atoms with van der Waals surface area (Å²) in [4.78, 5) is 15.1. The third-order valence-corrected chi connectivity index (χ3v) is 5.16. The molecule has 0 aliphatic carbocycles. The Labute approximate surface area is 146 Å². The van der Waals surface area contributed by atoms with Crippen molar-refractivity contribution >= 4 is 22.4 Å². The van der Waals surface area contributed by atoms with E-state index < -0.39 is 5.97 Å². The number of aromatic nitrogens is 1. The Morgan fingerprint density at radius 3 is 2.75 bits per heavy atom. The molecule has 0 bridgehead atoms. The van der Waals surface area contributed by atoms with Gasteiger partial charge in [0.15, 0.2) is 5.13 Å². The molecule has 1 aliphatic rings. The summed E-state index contributed by atoms with van der Waals surface area (Å²) in [6.07, 6.45) is 3.21. The summed E-state index contributed by atoms with van der Waals surface area (Å²) in [6.45, 7) is 2.85. The Morgan fingerprint density at radius 2 is 2.04 bits per heavy atom. The number of carboxylic acid groups (broad SMARTS) is 1. The Balaban J connectivity index is 1.57. The summed E-state index contributed by atoms with van der Waals surface area (Å²) >= 11 is 1.56.